The monoisotopic (exact) mass is 373 g/mol. The predicted octanol–water partition coefficient (Wildman–Crippen LogP) is 2.02. The molecule has 0 aromatic heterocycles. The summed E-state index contributed by atoms with van der Waals surface area (Å²) in [4.78, 5) is 18.6. The number of likely N-dealkylation sites (tertiary alicyclic amines) is 1. The number of nitrogens with zero attached hydrogens (tertiary/aromatic N) is 2. The normalized spacial score (nSPS) is 18.2. The average Bonchev–Trinajstić information content (AvgIpc) is 2.72. The fourth-order valence-electron chi connectivity index (χ4n) is 3.69. The lowest BCUT2D eigenvalue weighted by Crippen LogP contribution is -2.46. The number of hydrogen-bond donors (Lipinski definition) is 3. The van der Waals surface area contributed by atoms with E-state index in [-0.39, 0.29) is 5.91 Å². The van der Waals surface area contributed by atoms with Crippen molar-refractivity contribution in [1.29, 1.82) is 0 Å². The standard InChI is InChI=1S/C21H35N5O/c1-4-19-10-5-6-14-26(19)15-13-25-21(23-3)24-12-11-17-8-7-9-18(16-17)20(27)22-2/h7-9,16,19H,4-6,10-15H2,1-3H3,(H,22,27)(H2,23,24,25). The van der Waals surface area contributed by atoms with E-state index in [0.29, 0.717) is 5.56 Å². The molecule has 0 radical (unpaired) electrons. The number of guanidine groups is 1. The van der Waals surface area contributed by atoms with Gasteiger partial charge in [0.15, 0.2) is 5.96 Å². The van der Waals surface area contributed by atoms with E-state index < -0.39 is 0 Å². The van der Waals surface area contributed by atoms with Gasteiger partial charge in [0.05, 0.1) is 0 Å². The van der Waals surface area contributed by atoms with Gasteiger partial charge in [-0.3, -0.25) is 14.7 Å². The number of piperidine rings is 1. The number of rotatable bonds is 8. The molecule has 6 heteroatoms. The van der Waals surface area contributed by atoms with Crippen LogP contribution in [0.1, 0.15) is 48.5 Å². The van der Waals surface area contributed by atoms with Crippen molar-refractivity contribution in [2.45, 2.75) is 45.1 Å². The van der Waals surface area contributed by atoms with E-state index in [1.807, 2.05) is 24.3 Å². The van der Waals surface area contributed by atoms with Crippen molar-refractivity contribution in [2.75, 3.05) is 40.3 Å². The molecule has 1 unspecified atom stereocenters. The van der Waals surface area contributed by atoms with Gasteiger partial charge < -0.3 is 16.0 Å². The van der Waals surface area contributed by atoms with Gasteiger partial charge in [0, 0.05) is 45.3 Å². The van der Waals surface area contributed by atoms with E-state index in [4.69, 9.17) is 0 Å². The zero-order chi connectivity index (χ0) is 19.5. The highest BCUT2D eigenvalue weighted by Gasteiger charge is 2.19. The maximum absolute atomic E-state index is 11.7. The summed E-state index contributed by atoms with van der Waals surface area (Å²) in [7, 11) is 3.45. The zero-order valence-electron chi connectivity index (χ0n) is 17.1. The van der Waals surface area contributed by atoms with Crippen LogP contribution < -0.4 is 16.0 Å². The Labute approximate surface area is 163 Å². The molecule has 2 rings (SSSR count). The van der Waals surface area contributed by atoms with Crippen molar-refractivity contribution < 1.29 is 4.79 Å². The Bertz CT molecular complexity index is 616. The Morgan fingerprint density at radius 2 is 2.07 bits per heavy atom. The van der Waals surface area contributed by atoms with Crippen LogP contribution in [0.3, 0.4) is 0 Å². The summed E-state index contributed by atoms with van der Waals surface area (Å²) in [6, 6.07) is 8.49. The highest BCUT2D eigenvalue weighted by atomic mass is 16.1. The van der Waals surface area contributed by atoms with Crippen molar-refractivity contribution in [2.24, 2.45) is 4.99 Å². The van der Waals surface area contributed by atoms with Gasteiger partial charge >= 0.3 is 0 Å². The lowest BCUT2D eigenvalue weighted by atomic mass is 10.0. The third kappa shape index (κ3) is 6.86. The van der Waals surface area contributed by atoms with E-state index in [1.165, 1.54) is 32.2 Å². The van der Waals surface area contributed by atoms with Gasteiger partial charge in [0.2, 0.25) is 0 Å². The first kappa shape index (κ1) is 21.2. The molecule has 0 spiro atoms. The number of benzene rings is 1. The number of carbonyl (C=O) groups is 1. The van der Waals surface area contributed by atoms with Crippen molar-refractivity contribution in [3.63, 3.8) is 0 Å². The van der Waals surface area contributed by atoms with Gasteiger partial charge in [-0.05, 0) is 49.9 Å². The molecule has 1 aliphatic heterocycles. The van der Waals surface area contributed by atoms with E-state index in [1.54, 1.807) is 14.1 Å². The molecular formula is C21H35N5O. The summed E-state index contributed by atoms with van der Waals surface area (Å²) < 4.78 is 0. The van der Waals surface area contributed by atoms with E-state index in [0.717, 1.165) is 43.6 Å². The quantitative estimate of drug-likeness (QED) is 0.482. The minimum absolute atomic E-state index is 0.0506. The van der Waals surface area contributed by atoms with Crippen LogP contribution in [-0.4, -0.2) is 63.1 Å². The first-order valence-electron chi connectivity index (χ1n) is 10.2. The van der Waals surface area contributed by atoms with Crippen LogP contribution >= 0.6 is 0 Å². The smallest absolute Gasteiger partial charge is 0.251 e. The average molecular weight is 374 g/mol. The van der Waals surface area contributed by atoms with Crippen LogP contribution in [0.4, 0.5) is 0 Å². The van der Waals surface area contributed by atoms with E-state index >= 15 is 0 Å². The van der Waals surface area contributed by atoms with Crippen LogP contribution in [0, 0.1) is 0 Å². The number of carbonyl (C=O) groups excluding carboxylic acids is 1. The molecule has 1 aromatic rings. The second kappa shape index (κ2) is 11.6. The molecule has 3 N–H and O–H groups in total. The molecule has 1 atom stereocenters. The topological polar surface area (TPSA) is 68.8 Å². The molecule has 1 aliphatic rings. The first-order valence-corrected chi connectivity index (χ1v) is 10.2. The Hall–Kier alpha value is -2.08. The van der Waals surface area contributed by atoms with Gasteiger partial charge in [-0.2, -0.15) is 0 Å². The molecule has 6 nitrogen and oxygen atoms in total. The second-order valence-electron chi connectivity index (χ2n) is 7.05. The Balaban J connectivity index is 1.72. The largest absolute Gasteiger partial charge is 0.356 e. The van der Waals surface area contributed by atoms with Crippen LogP contribution in [0.5, 0.6) is 0 Å². The Morgan fingerprint density at radius 3 is 2.81 bits per heavy atom. The maximum atomic E-state index is 11.7. The van der Waals surface area contributed by atoms with Gasteiger partial charge in [-0.25, -0.2) is 0 Å². The number of nitrogens with one attached hydrogen (secondary N) is 3. The van der Waals surface area contributed by atoms with Gasteiger partial charge in [0.1, 0.15) is 0 Å². The lowest BCUT2D eigenvalue weighted by Gasteiger charge is -2.35. The summed E-state index contributed by atoms with van der Waals surface area (Å²) in [5.74, 6) is 0.785. The molecule has 1 aromatic carbocycles. The van der Waals surface area contributed by atoms with Gasteiger partial charge in [-0.15, -0.1) is 0 Å². The summed E-state index contributed by atoms with van der Waals surface area (Å²) >= 11 is 0. The molecule has 1 saturated heterocycles. The lowest BCUT2D eigenvalue weighted by molar-refractivity contribution is 0.0963. The predicted molar refractivity (Wildman–Crippen MR) is 112 cm³/mol. The van der Waals surface area contributed by atoms with E-state index in [9.17, 15) is 4.79 Å². The molecular weight excluding hydrogens is 338 g/mol. The van der Waals surface area contributed by atoms with Gasteiger partial charge in [0.25, 0.3) is 5.91 Å². The highest BCUT2D eigenvalue weighted by molar-refractivity contribution is 5.94. The molecule has 150 valence electrons. The molecule has 0 aliphatic carbocycles. The van der Waals surface area contributed by atoms with Crippen molar-refractivity contribution in [1.82, 2.24) is 20.9 Å². The molecule has 0 saturated carbocycles. The molecule has 0 bridgehead atoms. The fourth-order valence-corrected chi connectivity index (χ4v) is 3.69. The van der Waals surface area contributed by atoms with Crippen molar-refractivity contribution in [3.8, 4) is 0 Å². The molecule has 27 heavy (non-hydrogen) atoms. The third-order valence-corrected chi connectivity index (χ3v) is 5.26. The van der Waals surface area contributed by atoms with Crippen LogP contribution in [0.15, 0.2) is 29.3 Å². The van der Waals surface area contributed by atoms with Crippen molar-refractivity contribution >= 4 is 11.9 Å². The number of hydrogen-bond acceptors (Lipinski definition) is 3. The minimum atomic E-state index is -0.0506. The number of aliphatic imine (C=N–C) groups is 1. The van der Waals surface area contributed by atoms with Crippen LogP contribution in [-0.2, 0) is 6.42 Å². The Kier molecular flexibility index (Phi) is 9.11. The maximum Gasteiger partial charge on any atom is 0.251 e. The molecule has 1 fully saturated rings. The zero-order valence-corrected chi connectivity index (χ0v) is 17.1. The Morgan fingerprint density at radius 1 is 1.26 bits per heavy atom. The SMILES string of the molecule is CCC1CCCCN1CCNC(=NC)NCCc1cccc(C(=O)NC)c1. The summed E-state index contributed by atoms with van der Waals surface area (Å²) in [6.45, 7) is 6.25. The number of amides is 1. The summed E-state index contributed by atoms with van der Waals surface area (Å²) in [6.07, 6.45) is 6.10. The van der Waals surface area contributed by atoms with E-state index in [2.05, 4.69) is 32.8 Å². The highest BCUT2D eigenvalue weighted by Crippen LogP contribution is 2.18. The summed E-state index contributed by atoms with van der Waals surface area (Å²) in [5.41, 5.74) is 1.84. The van der Waals surface area contributed by atoms with Crippen molar-refractivity contribution in [3.05, 3.63) is 35.4 Å². The molecule has 1 heterocycles. The van der Waals surface area contributed by atoms with Gasteiger partial charge in [-0.1, -0.05) is 25.5 Å². The minimum Gasteiger partial charge on any atom is -0.356 e. The summed E-state index contributed by atoms with van der Waals surface area (Å²) in [5, 5.41) is 9.44. The fraction of sp³-hybridized carbons (Fsp3) is 0.619. The molecule has 1 amide bonds. The first-order chi connectivity index (χ1) is 13.2. The van der Waals surface area contributed by atoms with Crippen LogP contribution in [0.2, 0.25) is 0 Å². The third-order valence-electron chi connectivity index (χ3n) is 5.26. The van der Waals surface area contributed by atoms with Crippen LogP contribution in [0.25, 0.3) is 0 Å². The second-order valence-corrected chi connectivity index (χ2v) is 7.05.